The fourth-order valence-corrected chi connectivity index (χ4v) is 2.02. The maximum Gasteiger partial charge on any atom is 0.351 e. The molecule has 3 unspecified atom stereocenters. The van der Waals surface area contributed by atoms with Gasteiger partial charge < -0.3 is 20.7 Å². The van der Waals surface area contributed by atoms with Crippen LogP contribution in [0.3, 0.4) is 0 Å². The quantitative estimate of drug-likeness (QED) is 0.619. The molecule has 3 atom stereocenters. The molecule has 7 nitrogen and oxygen atoms in total. The van der Waals surface area contributed by atoms with Crippen molar-refractivity contribution >= 4 is 17.4 Å². The first-order chi connectivity index (χ1) is 9.82. The largest absolute Gasteiger partial charge is 0.394 e. The maximum atomic E-state index is 14.0. The van der Waals surface area contributed by atoms with E-state index in [1.54, 1.807) is 0 Å². The average Bonchev–Trinajstić information content (AvgIpc) is 2.65. The summed E-state index contributed by atoms with van der Waals surface area (Å²) in [6.45, 7) is -0.835. The summed E-state index contributed by atoms with van der Waals surface area (Å²) in [5, 5.41) is 20.3. The van der Waals surface area contributed by atoms with Gasteiger partial charge in [-0.2, -0.15) is 13.8 Å². The molecule has 1 aliphatic heterocycles. The Hall–Kier alpha value is -1.73. The van der Waals surface area contributed by atoms with Gasteiger partial charge in [0.1, 0.15) is 11.9 Å². The van der Waals surface area contributed by atoms with Gasteiger partial charge >= 0.3 is 11.6 Å². The fraction of sp³-hybridized carbons (Fsp3) is 0.455. The zero-order valence-corrected chi connectivity index (χ0v) is 11.1. The molecule has 1 aromatic heterocycles. The van der Waals surface area contributed by atoms with Gasteiger partial charge in [0.25, 0.3) is 0 Å². The van der Waals surface area contributed by atoms with E-state index >= 15 is 0 Å². The molecule has 1 saturated heterocycles. The first-order valence-corrected chi connectivity index (χ1v) is 6.03. The summed E-state index contributed by atoms with van der Waals surface area (Å²) in [6.07, 6.45) is -5.02. The maximum absolute atomic E-state index is 14.0. The van der Waals surface area contributed by atoms with Crippen LogP contribution in [-0.4, -0.2) is 44.5 Å². The molecule has 114 valence electrons. The normalized spacial score (nSPS) is 27.2. The van der Waals surface area contributed by atoms with Gasteiger partial charge in [0.05, 0.1) is 12.2 Å². The van der Waals surface area contributed by atoms with Crippen LogP contribution in [0.2, 0.25) is 0 Å². The Bertz CT molecular complexity index is 670. The molecule has 21 heavy (non-hydrogen) atoms. The van der Waals surface area contributed by atoms with E-state index < -0.39 is 36.7 Å². The number of nitrogen functional groups attached to an aromatic ring is 1. The number of nitrogens with zero attached hydrogens (tertiary/aromatic N) is 2. The highest BCUT2D eigenvalue weighted by Crippen LogP contribution is 2.42. The molecule has 0 aromatic carbocycles. The summed E-state index contributed by atoms with van der Waals surface area (Å²) in [7, 11) is 0. The second-order valence-corrected chi connectivity index (χ2v) is 4.47. The van der Waals surface area contributed by atoms with Crippen LogP contribution < -0.4 is 11.4 Å². The SMILES string of the molecule is Nc1nc(=O)n(C2OC(CO)C(O)C2(F)F)cc1C#CCl. The molecule has 0 aliphatic carbocycles. The Kier molecular flexibility index (Phi) is 4.15. The molecule has 10 heteroatoms. The lowest BCUT2D eigenvalue weighted by molar-refractivity contribution is -0.141. The number of aliphatic hydroxyl groups is 2. The van der Waals surface area contributed by atoms with Crippen molar-refractivity contribution in [1.82, 2.24) is 9.55 Å². The minimum Gasteiger partial charge on any atom is -0.394 e. The van der Waals surface area contributed by atoms with E-state index in [1.807, 2.05) is 5.38 Å². The number of hydrogen-bond donors (Lipinski definition) is 3. The zero-order valence-electron chi connectivity index (χ0n) is 10.3. The van der Waals surface area contributed by atoms with E-state index in [4.69, 9.17) is 27.2 Å². The lowest BCUT2D eigenvalue weighted by Crippen LogP contribution is -2.42. The number of halogens is 3. The minimum atomic E-state index is -3.80. The number of nitrogens with two attached hydrogens (primary N) is 1. The van der Waals surface area contributed by atoms with Crippen molar-refractivity contribution in [3.8, 4) is 11.3 Å². The van der Waals surface area contributed by atoms with E-state index in [-0.39, 0.29) is 11.4 Å². The number of hydrogen-bond acceptors (Lipinski definition) is 6. The minimum absolute atomic E-state index is 0.0501. The van der Waals surface area contributed by atoms with Crippen molar-refractivity contribution in [1.29, 1.82) is 0 Å². The van der Waals surface area contributed by atoms with E-state index in [2.05, 4.69) is 10.9 Å². The molecular formula is C11H10ClF2N3O4. The number of aromatic nitrogens is 2. The van der Waals surface area contributed by atoms with Crippen LogP contribution in [0.4, 0.5) is 14.6 Å². The summed E-state index contributed by atoms with van der Waals surface area (Å²) < 4.78 is 33.2. The summed E-state index contributed by atoms with van der Waals surface area (Å²) in [5.74, 6) is -1.79. The Labute approximate surface area is 121 Å². The Balaban J connectivity index is 2.53. The van der Waals surface area contributed by atoms with Crippen molar-refractivity contribution in [2.75, 3.05) is 12.3 Å². The predicted molar refractivity (Wildman–Crippen MR) is 67.6 cm³/mol. The fourth-order valence-electron chi connectivity index (χ4n) is 1.92. The van der Waals surface area contributed by atoms with Gasteiger partial charge in [-0.05, 0) is 17.5 Å². The number of alkyl halides is 2. The molecule has 0 spiro atoms. The van der Waals surface area contributed by atoms with Gasteiger partial charge in [0.15, 0.2) is 6.10 Å². The van der Waals surface area contributed by atoms with Crippen molar-refractivity contribution in [3.63, 3.8) is 0 Å². The standard InChI is InChI=1S/C11H10ClF2N3O4/c12-2-1-5-3-17(10(20)16-8(5)15)9-11(13,14)7(19)6(4-18)21-9/h3,6-7,9,18-19H,4H2,(H2,15,16,20). The van der Waals surface area contributed by atoms with Crippen molar-refractivity contribution < 1.29 is 23.7 Å². The van der Waals surface area contributed by atoms with Gasteiger partial charge in [0, 0.05) is 11.6 Å². The molecule has 4 N–H and O–H groups in total. The highest BCUT2D eigenvalue weighted by molar-refractivity contribution is 6.30. The third kappa shape index (κ3) is 2.58. The third-order valence-corrected chi connectivity index (χ3v) is 3.07. The van der Waals surface area contributed by atoms with Gasteiger partial charge in [-0.25, -0.2) is 4.79 Å². The Morgan fingerprint density at radius 2 is 2.29 bits per heavy atom. The number of anilines is 1. The van der Waals surface area contributed by atoms with Crippen molar-refractivity contribution in [2.45, 2.75) is 24.4 Å². The number of aliphatic hydroxyl groups excluding tert-OH is 2. The molecular weight excluding hydrogens is 312 g/mol. The van der Waals surface area contributed by atoms with Gasteiger partial charge in [-0.3, -0.25) is 4.57 Å². The van der Waals surface area contributed by atoms with Crippen LogP contribution in [0.15, 0.2) is 11.0 Å². The van der Waals surface area contributed by atoms with Crippen molar-refractivity contribution in [3.05, 3.63) is 22.2 Å². The van der Waals surface area contributed by atoms with Crippen LogP contribution in [0.5, 0.6) is 0 Å². The Morgan fingerprint density at radius 1 is 1.62 bits per heavy atom. The van der Waals surface area contributed by atoms with Gasteiger partial charge in [-0.1, -0.05) is 0 Å². The van der Waals surface area contributed by atoms with Crippen LogP contribution in [0.1, 0.15) is 11.8 Å². The third-order valence-electron chi connectivity index (χ3n) is 2.98. The van der Waals surface area contributed by atoms with E-state index in [0.29, 0.717) is 4.57 Å². The molecule has 1 aliphatic rings. The van der Waals surface area contributed by atoms with Crippen LogP contribution in [-0.2, 0) is 4.74 Å². The first-order valence-electron chi connectivity index (χ1n) is 5.65. The number of ether oxygens (including phenoxy) is 1. The van der Waals surface area contributed by atoms with Crippen LogP contribution in [0, 0.1) is 11.3 Å². The van der Waals surface area contributed by atoms with Gasteiger partial charge in [0.2, 0.25) is 6.23 Å². The predicted octanol–water partition coefficient (Wildman–Crippen LogP) is -0.741. The lowest BCUT2D eigenvalue weighted by atomic mass is 10.1. The first kappa shape index (κ1) is 15.7. The molecule has 0 amide bonds. The highest BCUT2D eigenvalue weighted by Gasteiger charge is 2.59. The molecule has 0 radical (unpaired) electrons. The molecule has 0 bridgehead atoms. The van der Waals surface area contributed by atoms with Gasteiger partial charge in [-0.15, -0.1) is 0 Å². The summed E-state index contributed by atoms with van der Waals surface area (Å²) >= 11 is 5.20. The highest BCUT2D eigenvalue weighted by atomic mass is 35.5. The molecule has 1 aromatic rings. The van der Waals surface area contributed by atoms with Crippen LogP contribution >= 0.6 is 11.6 Å². The second kappa shape index (κ2) is 5.57. The van der Waals surface area contributed by atoms with E-state index in [1.165, 1.54) is 0 Å². The van der Waals surface area contributed by atoms with E-state index in [9.17, 15) is 18.7 Å². The van der Waals surface area contributed by atoms with Crippen LogP contribution in [0.25, 0.3) is 0 Å². The topological polar surface area (TPSA) is 111 Å². The van der Waals surface area contributed by atoms with E-state index in [0.717, 1.165) is 6.20 Å². The lowest BCUT2D eigenvalue weighted by Gasteiger charge is -2.21. The second-order valence-electron chi connectivity index (χ2n) is 4.28. The average molecular weight is 322 g/mol. The summed E-state index contributed by atoms with van der Waals surface area (Å²) in [4.78, 5) is 15.1. The molecule has 2 rings (SSSR count). The Morgan fingerprint density at radius 3 is 2.81 bits per heavy atom. The zero-order chi connectivity index (χ0) is 15.8. The van der Waals surface area contributed by atoms with Crippen molar-refractivity contribution in [2.24, 2.45) is 0 Å². The smallest absolute Gasteiger partial charge is 0.351 e. The molecule has 0 saturated carbocycles. The monoisotopic (exact) mass is 321 g/mol. The summed E-state index contributed by atoms with van der Waals surface area (Å²) in [5.41, 5.74) is 4.26. The summed E-state index contributed by atoms with van der Waals surface area (Å²) in [6, 6.07) is 0. The number of rotatable bonds is 2. The molecule has 2 heterocycles. The molecule has 1 fully saturated rings.